The molecule has 1 aromatic carbocycles. The maximum absolute atomic E-state index is 10.9. The van der Waals surface area contributed by atoms with E-state index in [9.17, 15) is 9.90 Å². The molecule has 2 N–H and O–H groups in total. The van der Waals surface area contributed by atoms with Crippen molar-refractivity contribution in [3.05, 3.63) is 34.3 Å². The van der Waals surface area contributed by atoms with Gasteiger partial charge in [0.05, 0.1) is 11.2 Å². The van der Waals surface area contributed by atoms with Gasteiger partial charge in [-0.3, -0.25) is 0 Å². The first-order valence-electron chi connectivity index (χ1n) is 4.08. The Bertz CT molecular complexity index is 366. The minimum absolute atomic E-state index is 0.0324. The molecular formula is C10H11ClO3. The maximum atomic E-state index is 10.9. The summed E-state index contributed by atoms with van der Waals surface area (Å²) in [7, 11) is 0. The largest absolute Gasteiger partial charge is 0.478 e. The van der Waals surface area contributed by atoms with Crippen LogP contribution >= 0.6 is 11.6 Å². The van der Waals surface area contributed by atoms with Crippen LogP contribution in [0.2, 0.25) is 5.02 Å². The van der Waals surface area contributed by atoms with Gasteiger partial charge in [0.15, 0.2) is 0 Å². The molecule has 1 rings (SSSR count). The van der Waals surface area contributed by atoms with E-state index in [2.05, 4.69) is 0 Å². The minimum Gasteiger partial charge on any atom is -0.478 e. The lowest BCUT2D eigenvalue weighted by atomic mass is 9.93. The number of carboxylic acids is 1. The Morgan fingerprint density at radius 3 is 2.36 bits per heavy atom. The van der Waals surface area contributed by atoms with Crippen molar-refractivity contribution in [3.63, 3.8) is 0 Å². The summed E-state index contributed by atoms with van der Waals surface area (Å²) >= 11 is 5.83. The maximum Gasteiger partial charge on any atom is 0.336 e. The summed E-state index contributed by atoms with van der Waals surface area (Å²) in [6.07, 6.45) is 0. The van der Waals surface area contributed by atoms with Gasteiger partial charge in [-0.2, -0.15) is 0 Å². The number of carbonyl (C=O) groups is 1. The van der Waals surface area contributed by atoms with Gasteiger partial charge in [-0.15, -0.1) is 0 Å². The zero-order valence-electron chi connectivity index (χ0n) is 7.91. The highest BCUT2D eigenvalue weighted by atomic mass is 35.5. The summed E-state index contributed by atoms with van der Waals surface area (Å²) < 4.78 is 0. The Morgan fingerprint density at radius 2 is 2.00 bits per heavy atom. The van der Waals surface area contributed by atoms with E-state index in [-0.39, 0.29) is 16.1 Å². The second kappa shape index (κ2) is 3.59. The molecule has 0 radical (unpaired) electrons. The zero-order valence-corrected chi connectivity index (χ0v) is 8.67. The SMILES string of the molecule is CC(C)(O)c1c(Cl)cccc1C(=O)O. The molecule has 0 atom stereocenters. The zero-order chi connectivity index (χ0) is 10.9. The number of rotatable bonds is 2. The van der Waals surface area contributed by atoms with Crippen molar-refractivity contribution in [2.24, 2.45) is 0 Å². The second-order valence-electron chi connectivity index (χ2n) is 3.53. The predicted octanol–water partition coefficient (Wildman–Crippen LogP) is 2.27. The first-order chi connectivity index (χ1) is 6.34. The van der Waals surface area contributed by atoms with Gasteiger partial charge in [-0.1, -0.05) is 17.7 Å². The van der Waals surface area contributed by atoms with Gasteiger partial charge in [0, 0.05) is 10.6 Å². The van der Waals surface area contributed by atoms with Crippen LogP contribution in [0, 0.1) is 0 Å². The molecule has 76 valence electrons. The Balaban J connectivity index is 3.45. The van der Waals surface area contributed by atoms with Crippen LogP contribution in [0.15, 0.2) is 18.2 Å². The van der Waals surface area contributed by atoms with E-state index < -0.39 is 11.6 Å². The average molecular weight is 215 g/mol. The highest BCUT2D eigenvalue weighted by molar-refractivity contribution is 6.32. The summed E-state index contributed by atoms with van der Waals surface area (Å²) in [5.74, 6) is -1.09. The van der Waals surface area contributed by atoms with E-state index >= 15 is 0 Å². The molecule has 14 heavy (non-hydrogen) atoms. The highest BCUT2D eigenvalue weighted by Gasteiger charge is 2.25. The van der Waals surface area contributed by atoms with Crippen molar-refractivity contribution in [1.82, 2.24) is 0 Å². The first-order valence-corrected chi connectivity index (χ1v) is 4.46. The molecule has 4 heteroatoms. The normalized spacial score (nSPS) is 11.4. The Labute approximate surface area is 86.9 Å². The third-order valence-corrected chi connectivity index (χ3v) is 2.17. The van der Waals surface area contributed by atoms with Crippen molar-refractivity contribution in [1.29, 1.82) is 0 Å². The molecule has 0 saturated carbocycles. The highest BCUT2D eigenvalue weighted by Crippen LogP contribution is 2.30. The van der Waals surface area contributed by atoms with Crippen molar-refractivity contribution in [2.45, 2.75) is 19.4 Å². The summed E-state index contributed by atoms with van der Waals surface area (Å²) in [4.78, 5) is 10.9. The molecule has 0 fully saturated rings. The van der Waals surface area contributed by atoms with Crippen LogP contribution in [-0.4, -0.2) is 16.2 Å². The molecule has 0 aliphatic heterocycles. The standard InChI is InChI=1S/C10H11ClO3/c1-10(2,14)8-6(9(12)13)4-3-5-7(8)11/h3-5,14H,1-2H3,(H,12,13). The number of hydrogen-bond donors (Lipinski definition) is 2. The van der Waals surface area contributed by atoms with E-state index in [1.807, 2.05) is 0 Å². The van der Waals surface area contributed by atoms with Gasteiger partial charge in [0.1, 0.15) is 0 Å². The number of aliphatic hydroxyl groups is 1. The summed E-state index contributed by atoms with van der Waals surface area (Å²) in [6, 6.07) is 4.52. The van der Waals surface area contributed by atoms with Gasteiger partial charge in [0.25, 0.3) is 0 Å². The molecule has 0 spiro atoms. The Morgan fingerprint density at radius 1 is 1.43 bits per heavy atom. The first kappa shape index (κ1) is 11.0. The smallest absolute Gasteiger partial charge is 0.336 e. The van der Waals surface area contributed by atoms with Crippen LogP contribution in [0.25, 0.3) is 0 Å². The van der Waals surface area contributed by atoms with Crippen molar-refractivity contribution >= 4 is 17.6 Å². The predicted molar refractivity (Wildman–Crippen MR) is 53.7 cm³/mol. The van der Waals surface area contributed by atoms with Gasteiger partial charge in [-0.05, 0) is 26.0 Å². The summed E-state index contributed by atoms with van der Waals surface area (Å²) in [5, 5.41) is 18.9. The van der Waals surface area contributed by atoms with E-state index in [4.69, 9.17) is 16.7 Å². The molecule has 0 unspecified atom stereocenters. The fourth-order valence-corrected chi connectivity index (χ4v) is 1.73. The van der Waals surface area contributed by atoms with Gasteiger partial charge < -0.3 is 10.2 Å². The van der Waals surface area contributed by atoms with E-state index in [0.717, 1.165) is 0 Å². The molecule has 0 aliphatic rings. The molecule has 0 aromatic heterocycles. The minimum atomic E-state index is -1.26. The summed E-state index contributed by atoms with van der Waals surface area (Å²) in [6.45, 7) is 3.00. The van der Waals surface area contributed by atoms with Crippen LogP contribution in [0.5, 0.6) is 0 Å². The Kier molecular flexibility index (Phi) is 2.83. The molecule has 0 amide bonds. The fraction of sp³-hybridized carbons (Fsp3) is 0.300. The van der Waals surface area contributed by atoms with E-state index in [1.54, 1.807) is 12.1 Å². The molecule has 3 nitrogen and oxygen atoms in total. The molecular weight excluding hydrogens is 204 g/mol. The molecule has 1 aromatic rings. The molecule has 0 saturated heterocycles. The van der Waals surface area contributed by atoms with Crippen LogP contribution in [-0.2, 0) is 5.60 Å². The van der Waals surface area contributed by atoms with Crippen LogP contribution in [0.4, 0.5) is 0 Å². The van der Waals surface area contributed by atoms with Crippen LogP contribution < -0.4 is 0 Å². The molecule has 0 bridgehead atoms. The monoisotopic (exact) mass is 214 g/mol. The number of hydrogen-bond acceptors (Lipinski definition) is 2. The number of carboxylic acid groups (broad SMARTS) is 1. The van der Waals surface area contributed by atoms with E-state index in [0.29, 0.717) is 0 Å². The fourth-order valence-electron chi connectivity index (χ4n) is 1.32. The number of benzene rings is 1. The lowest BCUT2D eigenvalue weighted by Gasteiger charge is -2.21. The lowest BCUT2D eigenvalue weighted by Crippen LogP contribution is -2.20. The van der Waals surface area contributed by atoms with Crippen LogP contribution in [0.3, 0.4) is 0 Å². The topological polar surface area (TPSA) is 57.5 Å². The lowest BCUT2D eigenvalue weighted by molar-refractivity contribution is 0.0630. The summed E-state index contributed by atoms with van der Waals surface area (Å²) in [5.41, 5.74) is -0.981. The van der Waals surface area contributed by atoms with Crippen molar-refractivity contribution < 1.29 is 15.0 Å². The Hall–Kier alpha value is -1.06. The van der Waals surface area contributed by atoms with Crippen LogP contribution in [0.1, 0.15) is 29.8 Å². The number of aromatic carboxylic acids is 1. The third kappa shape index (κ3) is 2.05. The van der Waals surface area contributed by atoms with Gasteiger partial charge in [-0.25, -0.2) is 4.79 Å². The second-order valence-corrected chi connectivity index (χ2v) is 3.93. The quantitative estimate of drug-likeness (QED) is 0.794. The third-order valence-electron chi connectivity index (χ3n) is 1.86. The molecule has 0 heterocycles. The van der Waals surface area contributed by atoms with E-state index in [1.165, 1.54) is 19.9 Å². The van der Waals surface area contributed by atoms with Gasteiger partial charge >= 0.3 is 5.97 Å². The van der Waals surface area contributed by atoms with Gasteiger partial charge in [0.2, 0.25) is 0 Å². The van der Waals surface area contributed by atoms with Crippen molar-refractivity contribution in [2.75, 3.05) is 0 Å². The molecule has 0 aliphatic carbocycles. The van der Waals surface area contributed by atoms with Crippen molar-refractivity contribution in [3.8, 4) is 0 Å². The average Bonchev–Trinajstić information content (AvgIpc) is 2.01. The number of halogens is 1.